The number of hydrogen-bond acceptors (Lipinski definition) is 1. The minimum Gasteiger partial charge on any atom is -0.481 e. The highest BCUT2D eigenvalue weighted by Crippen LogP contribution is 2.36. The first-order chi connectivity index (χ1) is 9.75. The highest BCUT2D eigenvalue weighted by atomic mass is 35.5. The highest BCUT2D eigenvalue weighted by Gasteiger charge is 2.33. The lowest BCUT2D eigenvalue weighted by atomic mass is 9.84. The molecule has 110 valence electrons. The van der Waals surface area contributed by atoms with Crippen LogP contribution >= 0.6 is 23.2 Å². The third-order valence-electron chi connectivity index (χ3n) is 3.45. The highest BCUT2D eigenvalue weighted by molar-refractivity contribution is 6.32. The Balaban J connectivity index is 2.57. The number of carboxylic acids is 1. The molecule has 0 amide bonds. The Morgan fingerprint density at radius 3 is 2.19 bits per heavy atom. The molecule has 0 spiro atoms. The maximum Gasteiger partial charge on any atom is 0.313 e. The fourth-order valence-corrected chi connectivity index (χ4v) is 2.53. The lowest BCUT2D eigenvalue weighted by Gasteiger charge is -2.22. The number of aliphatic carboxylic acids is 1. The van der Waals surface area contributed by atoms with Crippen LogP contribution in [-0.2, 0) is 10.2 Å². The molecule has 0 fully saturated rings. The molecule has 0 aromatic heterocycles. The molecule has 0 radical (unpaired) electrons. The molecule has 2 nitrogen and oxygen atoms in total. The second-order valence-corrected chi connectivity index (χ2v) is 6.04. The van der Waals surface area contributed by atoms with Gasteiger partial charge in [-0.25, -0.2) is 4.39 Å². The molecule has 2 aromatic rings. The van der Waals surface area contributed by atoms with E-state index in [0.717, 1.165) is 0 Å². The third-order valence-corrected chi connectivity index (χ3v) is 4.07. The van der Waals surface area contributed by atoms with E-state index in [0.29, 0.717) is 16.1 Å². The van der Waals surface area contributed by atoms with Crippen molar-refractivity contribution in [2.45, 2.75) is 19.3 Å². The van der Waals surface area contributed by atoms with Crippen LogP contribution in [0.4, 0.5) is 4.39 Å². The minimum atomic E-state index is -1.27. The predicted molar refractivity (Wildman–Crippen MR) is 82.5 cm³/mol. The van der Waals surface area contributed by atoms with Crippen LogP contribution in [0, 0.1) is 5.82 Å². The minimum absolute atomic E-state index is 0.171. The Hall–Kier alpha value is -1.58. The van der Waals surface area contributed by atoms with E-state index < -0.39 is 17.2 Å². The number of benzene rings is 2. The SMILES string of the molecule is CC(C)(C(=O)O)c1ccc(-c2ccc(Cl)cc2)c(F)c1Cl. The number of halogens is 3. The van der Waals surface area contributed by atoms with Crippen LogP contribution < -0.4 is 0 Å². The van der Waals surface area contributed by atoms with Gasteiger partial charge in [0, 0.05) is 10.6 Å². The van der Waals surface area contributed by atoms with E-state index in [9.17, 15) is 14.3 Å². The Labute approximate surface area is 132 Å². The van der Waals surface area contributed by atoms with Gasteiger partial charge in [0.2, 0.25) is 0 Å². The number of rotatable bonds is 3. The zero-order chi connectivity index (χ0) is 15.8. The summed E-state index contributed by atoms with van der Waals surface area (Å²) < 4.78 is 14.5. The first-order valence-corrected chi connectivity index (χ1v) is 6.98. The smallest absolute Gasteiger partial charge is 0.313 e. The summed E-state index contributed by atoms with van der Waals surface area (Å²) in [6.45, 7) is 2.97. The van der Waals surface area contributed by atoms with E-state index in [4.69, 9.17) is 23.2 Å². The van der Waals surface area contributed by atoms with Gasteiger partial charge in [-0.1, -0.05) is 47.5 Å². The largest absolute Gasteiger partial charge is 0.481 e. The van der Waals surface area contributed by atoms with Crippen LogP contribution in [0.3, 0.4) is 0 Å². The van der Waals surface area contributed by atoms with Crippen molar-refractivity contribution in [2.75, 3.05) is 0 Å². The maximum atomic E-state index is 14.5. The van der Waals surface area contributed by atoms with E-state index in [1.807, 2.05) is 0 Å². The van der Waals surface area contributed by atoms with Crippen LogP contribution in [0.5, 0.6) is 0 Å². The lowest BCUT2D eigenvalue weighted by molar-refractivity contribution is -0.142. The van der Waals surface area contributed by atoms with Crippen LogP contribution in [0.15, 0.2) is 36.4 Å². The molecule has 0 aliphatic carbocycles. The van der Waals surface area contributed by atoms with Crippen molar-refractivity contribution in [2.24, 2.45) is 0 Å². The molecule has 0 heterocycles. The average Bonchev–Trinajstić information content (AvgIpc) is 2.42. The molecule has 5 heteroatoms. The first kappa shape index (κ1) is 15.8. The molecule has 2 rings (SSSR count). The van der Waals surface area contributed by atoms with Gasteiger partial charge >= 0.3 is 5.97 Å². The zero-order valence-corrected chi connectivity index (χ0v) is 13.0. The second-order valence-electron chi connectivity index (χ2n) is 5.23. The van der Waals surface area contributed by atoms with Gasteiger partial charge in [0.05, 0.1) is 10.4 Å². The summed E-state index contributed by atoms with van der Waals surface area (Å²) in [4.78, 5) is 11.3. The fraction of sp³-hybridized carbons (Fsp3) is 0.188. The van der Waals surface area contributed by atoms with Crippen molar-refractivity contribution in [3.63, 3.8) is 0 Å². The van der Waals surface area contributed by atoms with Crippen LogP contribution in [-0.4, -0.2) is 11.1 Å². The molecular formula is C16H13Cl2FO2. The molecule has 0 aliphatic rings. The quantitative estimate of drug-likeness (QED) is 0.845. The van der Waals surface area contributed by atoms with E-state index in [2.05, 4.69) is 0 Å². The van der Waals surface area contributed by atoms with Crippen molar-refractivity contribution in [1.29, 1.82) is 0 Å². The summed E-state index contributed by atoms with van der Waals surface area (Å²) in [7, 11) is 0. The Kier molecular flexibility index (Phi) is 4.26. The monoisotopic (exact) mass is 326 g/mol. The number of carboxylic acid groups (broad SMARTS) is 1. The molecule has 2 aromatic carbocycles. The van der Waals surface area contributed by atoms with Gasteiger partial charge in [0.25, 0.3) is 0 Å². The Morgan fingerprint density at radius 1 is 1.10 bits per heavy atom. The van der Waals surface area contributed by atoms with Gasteiger partial charge in [0.15, 0.2) is 0 Å². The molecule has 0 aliphatic heterocycles. The molecule has 0 bridgehead atoms. The van der Waals surface area contributed by atoms with E-state index in [1.54, 1.807) is 30.3 Å². The normalized spacial score (nSPS) is 11.5. The van der Waals surface area contributed by atoms with Gasteiger partial charge in [-0.05, 0) is 37.1 Å². The van der Waals surface area contributed by atoms with Crippen molar-refractivity contribution in [3.8, 4) is 11.1 Å². The molecular weight excluding hydrogens is 314 g/mol. The lowest BCUT2D eigenvalue weighted by Crippen LogP contribution is -2.29. The summed E-state index contributed by atoms with van der Waals surface area (Å²) in [5, 5.41) is 9.61. The number of hydrogen-bond donors (Lipinski definition) is 1. The average molecular weight is 327 g/mol. The van der Waals surface area contributed by atoms with Gasteiger partial charge in [-0.15, -0.1) is 0 Å². The third kappa shape index (κ3) is 2.89. The summed E-state index contributed by atoms with van der Waals surface area (Å²) in [6.07, 6.45) is 0. The zero-order valence-electron chi connectivity index (χ0n) is 11.5. The van der Waals surface area contributed by atoms with Gasteiger partial charge in [-0.3, -0.25) is 4.79 Å². The molecule has 1 N–H and O–H groups in total. The summed E-state index contributed by atoms with van der Waals surface area (Å²) >= 11 is 11.8. The van der Waals surface area contributed by atoms with Crippen LogP contribution in [0.2, 0.25) is 10.0 Å². The summed E-state index contributed by atoms with van der Waals surface area (Å²) in [5.41, 5.74) is -0.0943. The van der Waals surface area contributed by atoms with Crippen molar-refractivity contribution >= 4 is 29.2 Å². The fourth-order valence-electron chi connectivity index (χ4n) is 2.00. The van der Waals surface area contributed by atoms with Gasteiger partial charge in [-0.2, -0.15) is 0 Å². The maximum absolute atomic E-state index is 14.5. The Bertz CT molecular complexity index is 694. The first-order valence-electron chi connectivity index (χ1n) is 6.23. The summed E-state index contributed by atoms with van der Waals surface area (Å²) in [5.74, 6) is -1.70. The van der Waals surface area contributed by atoms with Gasteiger partial charge in [0.1, 0.15) is 5.82 Å². The standard InChI is InChI=1S/C16H13Cl2FO2/c1-16(2,15(20)21)12-8-7-11(14(19)13(12)18)9-3-5-10(17)6-4-9/h3-8H,1-2H3,(H,20,21). The van der Waals surface area contributed by atoms with Crippen molar-refractivity contribution in [1.82, 2.24) is 0 Å². The second kappa shape index (κ2) is 5.66. The number of carbonyl (C=O) groups is 1. The van der Waals surface area contributed by atoms with Crippen LogP contribution in [0.1, 0.15) is 19.4 Å². The Morgan fingerprint density at radius 2 is 1.67 bits per heavy atom. The summed E-state index contributed by atoms with van der Waals surface area (Å²) in [6, 6.07) is 9.74. The topological polar surface area (TPSA) is 37.3 Å². The van der Waals surface area contributed by atoms with E-state index in [-0.39, 0.29) is 10.6 Å². The molecule has 0 unspecified atom stereocenters. The molecule has 21 heavy (non-hydrogen) atoms. The molecule has 0 saturated heterocycles. The van der Waals surface area contributed by atoms with Gasteiger partial charge < -0.3 is 5.11 Å². The molecule has 0 atom stereocenters. The van der Waals surface area contributed by atoms with Crippen molar-refractivity contribution < 1.29 is 14.3 Å². The molecule has 0 saturated carbocycles. The van der Waals surface area contributed by atoms with E-state index in [1.165, 1.54) is 19.9 Å². The predicted octanol–water partition coefficient (Wildman–Crippen LogP) is 5.16. The van der Waals surface area contributed by atoms with Crippen LogP contribution in [0.25, 0.3) is 11.1 Å². The van der Waals surface area contributed by atoms with E-state index >= 15 is 0 Å². The van der Waals surface area contributed by atoms with Crippen molar-refractivity contribution in [3.05, 3.63) is 57.8 Å².